The third-order valence-corrected chi connectivity index (χ3v) is 13.3. The van der Waals surface area contributed by atoms with Gasteiger partial charge in [0.1, 0.15) is 13.2 Å². The van der Waals surface area contributed by atoms with Crippen LogP contribution in [0.5, 0.6) is 0 Å². The quantitative estimate of drug-likeness (QED) is 0.0243. The summed E-state index contributed by atoms with van der Waals surface area (Å²) in [6.07, 6.45) is 60.4. The molecule has 0 radical (unpaired) electrons. The van der Waals surface area contributed by atoms with Crippen LogP contribution in [-0.4, -0.2) is 73.4 Å². The van der Waals surface area contributed by atoms with E-state index >= 15 is 0 Å². The molecule has 1 amide bonds. The van der Waals surface area contributed by atoms with Crippen molar-refractivity contribution >= 4 is 13.7 Å². The second-order valence-corrected chi connectivity index (χ2v) is 21.4. The number of allylic oxidation sites excluding steroid dienone is 5. The summed E-state index contributed by atoms with van der Waals surface area (Å²) in [6.45, 7) is 4.70. The number of carbonyl (C=O) groups excluding carboxylic acids is 1. The van der Waals surface area contributed by atoms with Gasteiger partial charge in [-0.25, -0.2) is 4.57 Å². The number of carbonyl (C=O) groups is 1. The largest absolute Gasteiger partial charge is 0.472 e. The van der Waals surface area contributed by atoms with E-state index in [1.54, 1.807) is 6.08 Å². The number of hydrogen-bond acceptors (Lipinski definition) is 5. The van der Waals surface area contributed by atoms with Gasteiger partial charge in [0.15, 0.2) is 0 Å². The minimum atomic E-state index is -4.32. The molecule has 9 heteroatoms. The average Bonchev–Trinajstić information content (AvgIpc) is 3.25. The van der Waals surface area contributed by atoms with Crippen LogP contribution in [0.15, 0.2) is 36.5 Å². The molecule has 0 fully saturated rings. The van der Waals surface area contributed by atoms with E-state index in [-0.39, 0.29) is 19.1 Å². The van der Waals surface area contributed by atoms with Gasteiger partial charge in [-0.3, -0.25) is 13.8 Å². The molecule has 0 bridgehead atoms. The van der Waals surface area contributed by atoms with E-state index in [1.807, 2.05) is 27.2 Å². The van der Waals surface area contributed by atoms with Crippen LogP contribution in [0.3, 0.4) is 0 Å². The number of nitrogens with zero attached hydrogens (tertiary/aromatic N) is 1. The first-order chi connectivity index (χ1) is 31.0. The Bertz CT molecular complexity index is 1140. The van der Waals surface area contributed by atoms with Gasteiger partial charge in [-0.15, -0.1) is 0 Å². The molecule has 0 aliphatic heterocycles. The highest BCUT2D eigenvalue weighted by molar-refractivity contribution is 7.47. The topological polar surface area (TPSA) is 105 Å². The Balaban J connectivity index is 3.70. The summed E-state index contributed by atoms with van der Waals surface area (Å²) >= 11 is 0. The summed E-state index contributed by atoms with van der Waals surface area (Å²) in [5, 5.41) is 13.6. The maximum Gasteiger partial charge on any atom is 0.472 e. The minimum absolute atomic E-state index is 0.0621. The monoisotopic (exact) mass is 924 g/mol. The lowest BCUT2D eigenvalue weighted by atomic mass is 10.0. The summed E-state index contributed by atoms with van der Waals surface area (Å²) in [7, 11) is 1.57. The lowest BCUT2D eigenvalue weighted by Gasteiger charge is -2.25. The zero-order valence-corrected chi connectivity index (χ0v) is 43.9. The highest BCUT2D eigenvalue weighted by Crippen LogP contribution is 2.43. The Labute approximate surface area is 397 Å². The molecule has 0 aromatic heterocycles. The van der Waals surface area contributed by atoms with Crippen LogP contribution < -0.4 is 5.32 Å². The van der Waals surface area contributed by atoms with Crippen LogP contribution in [0, 0.1) is 0 Å². The number of nitrogens with one attached hydrogen (secondary N) is 1. The van der Waals surface area contributed by atoms with Crippen molar-refractivity contribution in [2.45, 2.75) is 270 Å². The highest BCUT2D eigenvalue weighted by Gasteiger charge is 2.27. The first kappa shape index (κ1) is 62.7. The summed E-state index contributed by atoms with van der Waals surface area (Å²) in [4.78, 5) is 23.0. The van der Waals surface area contributed by atoms with Gasteiger partial charge in [0, 0.05) is 6.42 Å². The second-order valence-electron chi connectivity index (χ2n) is 20.0. The second kappa shape index (κ2) is 46.8. The number of phosphoric acid groups is 1. The number of likely N-dealkylation sites (N-methyl/N-ethyl adjacent to an activating group) is 1. The molecule has 0 saturated heterocycles. The lowest BCUT2D eigenvalue weighted by Crippen LogP contribution is -2.45. The van der Waals surface area contributed by atoms with Crippen LogP contribution in [-0.2, 0) is 18.4 Å². The number of unbranched alkanes of at least 4 members (excludes halogenated alkanes) is 33. The fourth-order valence-corrected chi connectivity index (χ4v) is 8.75. The molecule has 8 nitrogen and oxygen atoms in total. The van der Waals surface area contributed by atoms with Crippen molar-refractivity contribution in [1.29, 1.82) is 0 Å². The highest BCUT2D eigenvalue weighted by atomic mass is 31.2. The number of phosphoric ester groups is 1. The van der Waals surface area contributed by atoms with E-state index < -0.39 is 20.0 Å². The molecule has 0 aromatic rings. The number of aliphatic hydroxyl groups is 1. The predicted octanol–water partition coefficient (Wildman–Crippen LogP) is 16.2. The van der Waals surface area contributed by atoms with Crippen molar-refractivity contribution in [2.75, 3.05) is 40.9 Å². The number of quaternary nitrogens is 1. The Morgan fingerprint density at radius 3 is 1.31 bits per heavy atom. The van der Waals surface area contributed by atoms with E-state index in [0.717, 1.165) is 51.4 Å². The van der Waals surface area contributed by atoms with E-state index in [2.05, 4.69) is 43.5 Å². The first-order valence-electron chi connectivity index (χ1n) is 27.4. The Hall–Kier alpha value is -1.28. The molecular weight excluding hydrogens is 816 g/mol. The van der Waals surface area contributed by atoms with E-state index in [0.29, 0.717) is 17.4 Å². The zero-order valence-electron chi connectivity index (χ0n) is 43.0. The molecular formula is C55H108N2O6P+. The van der Waals surface area contributed by atoms with E-state index in [9.17, 15) is 19.4 Å². The molecule has 3 unspecified atom stereocenters. The molecule has 3 atom stereocenters. The maximum atomic E-state index is 12.8. The van der Waals surface area contributed by atoms with Crippen LogP contribution in [0.1, 0.15) is 258 Å². The van der Waals surface area contributed by atoms with Gasteiger partial charge in [0.25, 0.3) is 0 Å². The molecule has 0 saturated carbocycles. The van der Waals surface area contributed by atoms with Gasteiger partial charge in [-0.05, 0) is 51.4 Å². The van der Waals surface area contributed by atoms with Crippen LogP contribution in [0.4, 0.5) is 0 Å². The van der Waals surface area contributed by atoms with Crippen LogP contribution in [0.25, 0.3) is 0 Å². The molecule has 0 aromatic carbocycles. The summed E-state index contributed by atoms with van der Waals surface area (Å²) in [6, 6.07) is -0.840. The van der Waals surface area contributed by atoms with E-state index in [4.69, 9.17) is 9.05 Å². The maximum absolute atomic E-state index is 12.8. The van der Waals surface area contributed by atoms with Gasteiger partial charge < -0.3 is 19.8 Å². The van der Waals surface area contributed by atoms with Crippen molar-refractivity contribution < 1.29 is 32.9 Å². The molecule has 0 heterocycles. The SMILES string of the molecule is CCCCC/C=C/C(O)C(COP(=O)(O)OCC[N+](C)(C)C)NC(=O)CCCCCCCCCCCCCCCCCCCCCCCCCCC/C=C\C/C=C\CCCCCCC. The summed E-state index contributed by atoms with van der Waals surface area (Å²) in [5.41, 5.74) is 0. The molecule has 378 valence electrons. The number of hydrogen-bond donors (Lipinski definition) is 3. The molecule has 64 heavy (non-hydrogen) atoms. The fourth-order valence-electron chi connectivity index (χ4n) is 8.01. The standard InChI is InChI=1S/C55H107N2O6P/c1-6-8-10-12-13-14-15-16-17-18-19-20-21-22-23-24-25-26-27-28-29-30-31-32-33-34-35-36-37-38-39-40-41-42-43-45-47-49-55(59)56-53(54(58)48-46-44-11-9-7-2)52-63-64(60,61)62-51-50-57(3,4)5/h15-16,18-19,46,48,53-54,58H,6-14,17,20-45,47,49-52H2,1-5H3,(H-,56,59,60,61)/p+1/b16-15-,19-18-,48-46+. The van der Waals surface area contributed by atoms with Crippen molar-refractivity contribution in [3.63, 3.8) is 0 Å². The molecule has 0 aliphatic rings. The van der Waals surface area contributed by atoms with Crippen LogP contribution >= 0.6 is 7.82 Å². The third kappa shape index (κ3) is 48.6. The molecule has 3 N–H and O–H groups in total. The van der Waals surface area contributed by atoms with Crippen molar-refractivity contribution in [3.05, 3.63) is 36.5 Å². The zero-order chi connectivity index (χ0) is 47.1. The smallest absolute Gasteiger partial charge is 0.387 e. The normalized spacial score (nSPS) is 14.3. The minimum Gasteiger partial charge on any atom is -0.387 e. The van der Waals surface area contributed by atoms with Gasteiger partial charge in [0.2, 0.25) is 5.91 Å². The number of amides is 1. The van der Waals surface area contributed by atoms with Crippen molar-refractivity contribution in [3.8, 4) is 0 Å². The Kier molecular flexibility index (Phi) is 45.9. The van der Waals surface area contributed by atoms with Crippen molar-refractivity contribution in [2.24, 2.45) is 0 Å². The average molecular weight is 924 g/mol. The number of rotatable bonds is 50. The Morgan fingerprint density at radius 2 is 0.891 bits per heavy atom. The number of aliphatic hydroxyl groups excluding tert-OH is 1. The molecule has 0 aliphatic carbocycles. The van der Waals surface area contributed by atoms with Gasteiger partial charge in [0.05, 0.1) is 39.9 Å². The molecule has 0 spiro atoms. The molecule has 0 rings (SSSR count). The third-order valence-electron chi connectivity index (χ3n) is 12.4. The first-order valence-corrected chi connectivity index (χ1v) is 28.9. The Morgan fingerprint density at radius 1 is 0.531 bits per heavy atom. The fraction of sp³-hybridized carbons (Fsp3) is 0.873. The van der Waals surface area contributed by atoms with Crippen molar-refractivity contribution in [1.82, 2.24) is 5.32 Å². The van der Waals surface area contributed by atoms with E-state index in [1.165, 1.54) is 186 Å². The summed E-state index contributed by atoms with van der Waals surface area (Å²) in [5.74, 6) is -0.181. The van der Waals surface area contributed by atoms with Crippen LogP contribution in [0.2, 0.25) is 0 Å². The van der Waals surface area contributed by atoms with Gasteiger partial charge in [-0.1, -0.05) is 237 Å². The summed E-state index contributed by atoms with van der Waals surface area (Å²) < 4.78 is 23.4. The van der Waals surface area contributed by atoms with Gasteiger partial charge in [-0.2, -0.15) is 0 Å². The van der Waals surface area contributed by atoms with Gasteiger partial charge >= 0.3 is 7.82 Å². The predicted molar refractivity (Wildman–Crippen MR) is 277 cm³/mol. The lowest BCUT2D eigenvalue weighted by molar-refractivity contribution is -0.870.